The zero-order chi connectivity index (χ0) is 13.5. The van der Waals surface area contributed by atoms with Crippen LogP contribution >= 0.6 is 0 Å². The maximum absolute atomic E-state index is 11.5. The average Bonchev–Trinajstić information content (AvgIpc) is 2.93. The fourth-order valence-electron chi connectivity index (χ4n) is 2.30. The van der Waals surface area contributed by atoms with Crippen LogP contribution < -0.4 is 5.32 Å². The molecular formula is C13H22N4O2. The van der Waals surface area contributed by atoms with Crippen LogP contribution in [-0.4, -0.2) is 53.1 Å². The van der Waals surface area contributed by atoms with E-state index in [4.69, 9.17) is 4.74 Å². The molecule has 1 saturated heterocycles. The SMILES string of the molecule is CCOC(=O)N1CCC(NCCn2cccn2)CC1. The number of ether oxygens (including phenoxy) is 1. The van der Waals surface area contributed by atoms with Crippen molar-refractivity contribution >= 4 is 6.09 Å². The zero-order valence-corrected chi connectivity index (χ0v) is 11.4. The van der Waals surface area contributed by atoms with Crippen molar-refractivity contribution in [2.75, 3.05) is 26.2 Å². The first-order chi connectivity index (χ1) is 9.29. The summed E-state index contributed by atoms with van der Waals surface area (Å²) in [5.41, 5.74) is 0. The van der Waals surface area contributed by atoms with Crippen LogP contribution in [0, 0.1) is 0 Å². The highest BCUT2D eigenvalue weighted by Gasteiger charge is 2.22. The molecule has 0 saturated carbocycles. The fraction of sp³-hybridized carbons (Fsp3) is 0.692. The summed E-state index contributed by atoms with van der Waals surface area (Å²) in [7, 11) is 0. The molecule has 0 aromatic carbocycles. The van der Waals surface area contributed by atoms with E-state index < -0.39 is 0 Å². The predicted molar refractivity (Wildman–Crippen MR) is 71.8 cm³/mol. The largest absolute Gasteiger partial charge is 0.450 e. The van der Waals surface area contributed by atoms with Gasteiger partial charge in [-0.2, -0.15) is 5.10 Å². The van der Waals surface area contributed by atoms with Gasteiger partial charge in [0.1, 0.15) is 0 Å². The summed E-state index contributed by atoms with van der Waals surface area (Å²) < 4.78 is 6.92. The van der Waals surface area contributed by atoms with E-state index >= 15 is 0 Å². The Kier molecular flexibility index (Phi) is 5.20. The summed E-state index contributed by atoms with van der Waals surface area (Å²) >= 11 is 0. The molecule has 6 heteroatoms. The number of hydrogen-bond acceptors (Lipinski definition) is 4. The van der Waals surface area contributed by atoms with E-state index in [1.54, 1.807) is 11.1 Å². The van der Waals surface area contributed by atoms with E-state index in [1.807, 2.05) is 23.9 Å². The van der Waals surface area contributed by atoms with Crippen molar-refractivity contribution in [3.05, 3.63) is 18.5 Å². The van der Waals surface area contributed by atoms with Gasteiger partial charge < -0.3 is 15.0 Å². The molecule has 0 atom stereocenters. The van der Waals surface area contributed by atoms with E-state index in [9.17, 15) is 4.79 Å². The van der Waals surface area contributed by atoms with Crippen molar-refractivity contribution in [3.8, 4) is 0 Å². The lowest BCUT2D eigenvalue weighted by molar-refractivity contribution is 0.0950. The minimum Gasteiger partial charge on any atom is -0.450 e. The van der Waals surface area contributed by atoms with Crippen LogP contribution in [0.4, 0.5) is 4.79 Å². The van der Waals surface area contributed by atoms with Crippen LogP contribution in [0.1, 0.15) is 19.8 Å². The predicted octanol–water partition coefficient (Wildman–Crippen LogP) is 1.09. The molecule has 2 rings (SSSR count). The molecule has 1 aromatic rings. The Balaban J connectivity index is 1.62. The van der Waals surface area contributed by atoms with E-state index in [-0.39, 0.29) is 6.09 Å². The molecule has 1 fully saturated rings. The molecule has 2 heterocycles. The second-order valence-electron chi connectivity index (χ2n) is 4.68. The third-order valence-electron chi connectivity index (χ3n) is 3.35. The first-order valence-corrected chi connectivity index (χ1v) is 6.92. The summed E-state index contributed by atoms with van der Waals surface area (Å²) in [6.07, 6.45) is 5.54. The fourth-order valence-corrected chi connectivity index (χ4v) is 2.30. The number of amides is 1. The highest BCUT2D eigenvalue weighted by molar-refractivity contribution is 5.67. The molecule has 1 amide bonds. The Hall–Kier alpha value is -1.56. The van der Waals surface area contributed by atoms with Gasteiger partial charge in [-0.1, -0.05) is 0 Å². The summed E-state index contributed by atoms with van der Waals surface area (Å²) in [5.74, 6) is 0. The van der Waals surface area contributed by atoms with Crippen molar-refractivity contribution in [3.63, 3.8) is 0 Å². The lowest BCUT2D eigenvalue weighted by Gasteiger charge is -2.31. The highest BCUT2D eigenvalue weighted by atomic mass is 16.6. The van der Waals surface area contributed by atoms with Crippen LogP contribution in [0.15, 0.2) is 18.5 Å². The lowest BCUT2D eigenvalue weighted by atomic mass is 10.1. The van der Waals surface area contributed by atoms with Gasteiger partial charge in [0.05, 0.1) is 13.2 Å². The van der Waals surface area contributed by atoms with Gasteiger partial charge in [0.25, 0.3) is 0 Å². The molecule has 0 unspecified atom stereocenters. The van der Waals surface area contributed by atoms with Gasteiger partial charge in [-0.15, -0.1) is 0 Å². The molecule has 6 nitrogen and oxygen atoms in total. The van der Waals surface area contributed by atoms with Gasteiger partial charge in [0.2, 0.25) is 0 Å². The number of carbonyl (C=O) groups excluding carboxylic acids is 1. The van der Waals surface area contributed by atoms with Crippen LogP contribution in [0.25, 0.3) is 0 Å². The molecule has 1 N–H and O–H groups in total. The van der Waals surface area contributed by atoms with Crippen molar-refractivity contribution in [2.24, 2.45) is 0 Å². The van der Waals surface area contributed by atoms with Crippen LogP contribution in [-0.2, 0) is 11.3 Å². The number of likely N-dealkylation sites (tertiary alicyclic amines) is 1. The number of hydrogen-bond donors (Lipinski definition) is 1. The maximum Gasteiger partial charge on any atom is 0.409 e. The molecule has 19 heavy (non-hydrogen) atoms. The molecule has 1 aliphatic rings. The first kappa shape index (κ1) is 13.9. The van der Waals surface area contributed by atoms with Gasteiger partial charge in [-0.25, -0.2) is 4.79 Å². The number of rotatable bonds is 5. The molecule has 1 aromatic heterocycles. The number of carbonyl (C=O) groups is 1. The zero-order valence-electron chi connectivity index (χ0n) is 11.4. The van der Waals surface area contributed by atoms with Crippen LogP contribution in [0.3, 0.4) is 0 Å². The van der Waals surface area contributed by atoms with Gasteiger partial charge in [-0.05, 0) is 25.8 Å². The first-order valence-electron chi connectivity index (χ1n) is 6.92. The van der Waals surface area contributed by atoms with Gasteiger partial charge in [-0.3, -0.25) is 4.68 Å². The van der Waals surface area contributed by atoms with E-state index in [2.05, 4.69) is 10.4 Å². The molecule has 0 spiro atoms. The maximum atomic E-state index is 11.5. The van der Waals surface area contributed by atoms with Crippen LogP contribution in [0.2, 0.25) is 0 Å². The quantitative estimate of drug-likeness (QED) is 0.867. The highest BCUT2D eigenvalue weighted by Crippen LogP contribution is 2.11. The molecular weight excluding hydrogens is 244 g/mol. The standard InChI is InChI=1S/C13H22N4O2/c1-2-19-13(18)16-9-4-12(5-10-16)14-7-11-17-8-3-6-15-17/h3,6,8,12,14H,2,4-5,7,9-11H2,1H3. The van der Waals surface area contributed by atoms with Crippen molar-refractivity contribution in [2.45, 2.75) is 32.4 Å². The minimum atomic E-state index is -0.183. The molecule has 0 bridgehead atoms. The average molecular weight is 266 g/mol. The Morgan fingerprint density at radius 1 is 1.47 bits per heavy atom. The van der Waals surface area contributed by atoms with Crippen molar-refractivity contribution < 1.29 is 9.53 Å². The molecule has 1 aliphatic heterocycles. The third kappa shape index (κ3) is 4.24. The number of nitrogens with zero attached hydrogens (tertiary/aromatic N) is 3. The lowest BCUT2D eigenvalue weighted by Crippen LogP contribution is -2.45. The second-order valence-corrected chi connectivity index (χ2v) is 4.68. The Labute approximate surface area is 113 Å². The van der Waals surface area contributed by atoms with Gasteiger partial charge in [0.15, 0.2) is 0 Å². The number of piperidine rings is 1. The number of aromatic nitrogens is 2. The molecule has 0 radical (unpaired) electrons. The summed E-state index contributed by atoms with van der Waals surface area (Å²) in [6.45, 7) is 5.62. The van der Waals surface area contributed by atoms with Crippen LogP contribution in [0.5, 0.6) is 0 Å². The molecule has 106 valence electrons. The summed E-state index contributed by atoms with van der Waals surface area (Å²) in [5, 5.41) is 7.67. The Morgan fingerprint density at radius 3 is 2.89 bits per heavy atom. The van der Waals surface area contributed by atoms with E-state index in [0.29, 0.717) is 12.6 Å². The Bertz CT molecular complexity index is 372. The third-order valence-corrected chi connectivity index (χ3v) is 3.35. The Morgan fingerprint density at radius 2 is 2.26 bits per heavy atom. The van der Waals surface area contributed by atoms with Gasteiger partial charge >= 0.3 is 6.09 Å². The van der Waals surface area contributed by atoms with E-state index in [0.717, 1.165) is 39.0 Å². The smallest absolute Gasteiger partial charge is 0.409 e. The second kappa shape index (κ2) is 7.13. The normalized spacial score (nSPS) is 16.6. The summed E-state index contributed by atoms with van der Waals surface area (Å²) in [6, 6.07) is 2.42. The summed E-state index contributed by atoms with van der Waals surface area (Å²) in [4.78, 5) is 13.3. The van der Waals surface area contributed by atoms with E-state index in [1.165, 1.54) is 0 Å². The monoisotopic (exact) mass is 266 g/mol. The minimum absolute atomic E-state index is 0.183. The topological polar surface area (TPSA) is 59.4 Å². The number of nitrogens with one attached hydrogen (secondary N) is 1. The van der Waals surface area contributed by atoms with Crippen molar-refractivity contribution in [1.29, 1.82) is 0 Å². The van der Waals surface area contributed by atoms with Gasteiger partial charge in [0, 0.05) is 38.1 Å². The van der Waals surface area contributed by atoms with Crippen molar-refractivity contribution in [1.82, 2.24) is 20.0 Å². The molecule has 0 aliphatic carbocycles.